The fourth-order valence-corrected chi connectivity index (χ4v) is 6.69. The number of thiophene rings is 1. The first-order valence-electron chi connectivity index (χ1n) is 6.54. The summed E-state index contributed by atoms with van der Waals surface area (Å²) in [5.74, 6) is 1.31. The average Bonchev–Trinajstić information content (AvgIpc) is 2.94. The molecule has 0 amide bonds. The summed E-state index contributed by atoms with van der Waals surface area (Å²) in [5, 5.41) is 10.9. The zero-order valence-electron chi connectivity index (χ0n) is 11.5. The Labute approximate surface area is 146 Å². The molecule has 1 aromatic carbocycles. The summed E-state index contributed by atoms with van der Waals surface area (Å²) in [4.78, 5) is 0. The van der Waals surface area contributed by atoms with Crippen molar-refractivity contribution < 1.29 is 13.5 Å². The van der Waals surface area contributed by atoms with Gasteiger partial charge < -0.3 is 5.11 Å². The minimum Gasteiger partial charge on any atom is -0.383 e. The van der Waals surface area contributed by atoms with Crippen molar-refractivity contribution in [3.05, 3.63) is 51.3 Å². The van der Waals surface area contributed by atoms with Gasteiger partial charge in [-0.3, -0.25) is 0 Å². The van der Waals surface area contributed by atoms with Gasteiger partial charge in [0.05, 0.1) is 3.79 Å². The Morgan fingerprint density at radius 3 is 2.77 bits per heavy atom. The van der Waals surface area contributed by atoms with Crippen molar-refractivity contribution in [2.24, 2.45) is 0 Å². The first-order chi connectivity index (χ1) is 10.4. The lowest BCUT2D eigenvalue weighted by atomic mass is 9.91. The average molecular weight is 420 g/mol. The SMILES string of the molecule is O=S(=O)(NCC1(O)CSCc2ccccc21)c1ccc(Br)s1. The Morgan fingerprint density at radius 2 is 2.05 bits per heavy atom. The van der Waals surface area contributed by atoms with Crippen molar-refractivity contribution in [1.29, 1.82) is 0 Å². The highest BCUT2D eigenvalue weighted by Crippen LogP contribution is 2.36. The van der Waals surface area contributed by atoms with E-state index >= 15 is 0 Å². The molecule has 1 aliphatic rings. The van der Waals surface area contributed by atoms with Gasteiger partial charge in [0.2, 0.25) is 10.0 Å². The number of rotatable bonds is 4. The molecule has 1 aliphatic heterocycles. The van der Waals surface area contributed by atoms with Crippen molar-refractivity contribution in [2.45, 2.75) is 15.6 Å². The second-order valence-electron chi connectivity index (χ2n) is 5.06. The molecule has 1 unspecified atom stereocenters. The Morgan fingerprint density at radius 1 is 1.27 bits per heavy atom. The first kappa shape index (κ1) is 16.5. The van der Waals surface area contributed by atoms with E-state index in [4.69, 9.17) is 0 Å². The van der Waals surface area contributed by atoms with E-state index in [1.54, 1.807) is 23.9 Å². The van der Waals surface area contributed by atoms with Crippen LogP contribution in [0.25, 0.3) is 0 Å². The van der Waals surface area contributed by atoms with E-state index in [-0.39, 0.29) is 10.8 Å². The minimum absolute atomic E-state index is 0.0329. The van der Waals surface area contributed by atoms with Gasteiger partial charge in [-0.2, -0.15) is 11.8 Å². The van der Waals surface area contributed by atoms with Crippen LogP contribution in [0, 0.1) is 0 Å². The highest BCUT2D eigenvalue weighted by molar-refractivity contribution is 9.11. The summed E-state index contributed by atoms with van der Waals surface area (Å²) in [7, 11) is -3.61. The van der Waals surface area contributed by atoms with Crippen molar-refractivity contribution in [3.8, 4) is 0 Å². The van der Waals surface area contributed by atoms with E-state index in [0.717, 1.165) is 32.0 Å². The van der Waals surface area contributed by atoms with E-state index in [2.05, 4.69) is 20.7 Å². The number of halogens is 1. The molecular weight excluding hydrogens is 406 g/mol. The van der Waals surface area contributed by atoms with Gasteiger partial charge in [0, 0.05) is 18.1 Å². The van der Waals surface area contributed by atoms with Crippen molar-refractivity contribution in [1.82, 2.24) is 4.72 Å². The fraction of sp³-hybridized carbons (Fsp3) is 0.286. The van der Waals surface area contributed by atoms with E-state index in [0.29, 0.717) is 5.75 Å². The lowest BCUT2D eigenvalue weighted by molar-refractivity contribution is 0.0659. The van der Waals surface area contributed by atoms with Gasteiger partial charge in [0.15, 0.2) is 0 Å². The number of sulfonamides is 1. The molecule has 1 atom stereocenters. The standard InChI is InChI=1S/C14H14BrNO3S3/c15-12-5-6-13(21-12)22(18,19)16-8-14(17)9-20-7-10-3-1-2-4-11(10)14/h1-6,16-17H,7-9H2. The van der Waals surface area contributed by atoms with Crippen LogP contribution in [0.4, 0.5) is 0 Å². The highest BCUT2D eigenvalue weighted by Gasteiger charge is 2.36. The summed E-state index contributed by atoms with van der Waals surface area (Å²) in [6.45, 7) is -0.0329. The van der Waals surface area contributed by atoms with Gasteiger partial charge in [-0.15, -0.1) is 11.3 Å². The fourth-order valence-electron chi connectivity index (χ4n) is 2.38. The molecule has 3 rings (SSSR count). The molecule has 0 aliphatic carbocycles. The molecule has 0 bridgehead atoms. The van der Waals surface area contributed by atoms with Crippen LogP contribution in [0.5, 0.6) is 0 Å². The van der Waals surface area contributed by atoms with Crippen LogP contribution in [-0.4, -0.2) is 25.8 Å². The molecule has 118 valence electrons. The van der Waals surface area contributed by atoms with Gasteiger partial charge in [-0.05, 0) is 39.2 Å². The zero-order chi connectivity index (χ0) is 15.8. The van der Waals surface area contributed by atoms with E-state index < -0.39 is 15.6 Å². The van der Waals surface area contributed by atoms with Crippen LogP contribution in [0.1, 0.15) is 11.1 Å². The van der Waals surface area contributed by atoms with Gasteiger partial charge in [0.25, 0.3) is 0 Å². The number of thioether (sulfide) groups is 1. The molecule has 0 saturated heterocycles. The van der Waals surface area contributed by atoms with E-state index in [1.165, 1.54) is 0 Å². The molecule has 0 saturated carbocycles. The van der Waals surface area contributed by atoms with Gasteiger partial charge in [-0.1, -0.05) is 24.3 Å². The lowest BCUT2D eigenvalue weighted by Gasteiger charge is -2.34. The smallest absolute Gasteiger partial charge is 0.250 e. The number of fused-ring (bicyclic) bond motifs is 1. The molecule has 0 spiro atoms. The molecule has 0 radical (unpaired) electrons. The second-order valence-corrected chi connectivity index (χ2v) is 10.5. The molecular formula is C14H14BrNO3S3. The molecule has 2 N–H and O–H groups in total. The quantitative estimate of drug-likeness (QED) is 0.799. The van der Waals surface area contributed by atoms with E-state index in [1.807, 2.05) is 24.3 Å². The molecule has 22 heavy (non-hydrogen) atoms. The Hall–Kier alpha value is -0.380. The normalized spacial score (nSPS) is 21.5. The van der Waals surface area contributed by atoms with Crippen molar-refractivity contribution in [2.75, 3.05) is 12.3 Å². The van der Waals surface area contributed by atoms with Gasteiger partial charge in [0.1, 0.15) is 9.81 Å². The molecule has 8 heteroatoms. The van der Waals surface area contributed by atoms with Crippen LogP contribution < -0.4 is 4.72 Å². The van der Waals surface area contributed by atoms with Crippen LogP contribution >= 0.6 is 39.0 Å². The molecule has 4 nitrogen and oxygen atoms in total. The van der Waals surface area contributed by atoms with Crippen LogP contribution in [-0.2, 0) is 21.4 Å². The maximum Gasteiger partial charge on any atom is 0.250 e. The number of nitrogens with one attached hydrogen (secondary N) is 1. The summed E-state index contributed by atoms with van der Waals surface area (Å²) >= 11 is 6.01. The topological polar surface area (TPSA) is 66.4 Å². The maximum absolute atomic E-state index is 12.3. The maximum atomic E-state index is 12.3. The Kier molecular flexibility index (Phi) is 4.69. The zero-order valence-corrected chi connectivity index (χ0v) is 15.5. The third-order valence-electron chi connectivity index (χ3n) is 3.49. The number of benzene rings is 1. The second kappa shape index (κ2) is 6.26. The van der Waals surface area contributed by atoms with Crippen LogP contribution in [0.15, 0.2) is 44.4 Å². The third kappa shape index (κ3) is 3.27. The largest absolute Gasteiger partial charge is 0.383 e. The predicted octanol–water partition coefficient (Wildman–Crippen LogP) is 2.92. The molecule has 1 aromatic heterocycles. The van der Waals surface area contributed by atoms with Crippen LogP contribution in [0.3, 0.4) is 0 Å². The van der Waals surface area contributed by atoms with Crippen molar-refractivity contribution in [3.63, 3.8) is 0 Å². The monoisotopic (exact) mass is 419 g/mol. The minimum atomic E-state index is -3.61. The highest BCUT2D eigenvalue weighted by atomic mass is 79.9. The summed E-state index contributed by atoms with van der Waals surface area (Å²) in [5.41, 5.74) is 0.685. The van der Waals surface area contributed by atoms with E-state index in [9.17, 15) is 13.5 Å². The van der Waals surface area contributed by atoms with Crippen molar-refractivity contribution >= 4 is 49.1 Å². The lowest BCUT2D eigenvalue weighted by Crippen LogP contribution is -2.44. The first-order valence-corrected chi connectivity index (χ1v) is 10.8. The Balaban J connectivity index is 1.82. The number of hydrogen-bond donors (Lipinski definition) is 2. The Bertz CT molecular complexity index is 790. The molecule has 0 fully saturated rings. The molecule has 2 heterocycles. The molecule has 2 aromatic rings. The van der Waals surface area contributed by atoms with Crippen LogP contribution in [0.2, 0.25) is 0 Å². The summed E-state index contributed by atoms with van der Waals surface area (Å²) in [6.07, 6.45) is 0. The third-order valence-corrected chi connectivity index (χ3v) is 8.20. The van der Waals surface area contributed by atoms with Gasteiger partial charge in [-0.25, -0.2) is 13.1 Å². The predicted molar refractivity (Wildman–Crippen MR) is 93.7 cm³/mol. The number of hydrogen-bond acceptors (Lipinski definition) is 5. The summed E-state index contributed by atoms with van der Waals surface area (Å²) < 4.78 is 28.1. The summed E-state index contributed by atoms with van der Waals surface area (Å²) in [6, 6.07) is 10.9. The number of aliphatic hydroxyl groups is 1. The van der Waals surface area contributed by atoms with Gasteiger partial charge >= 0.3 is 0 Å².